The number of rotatable bonds is 5. The van der Waals surface area contributed by atoms with Crippen LogP contribution in [0.2, 0.25) is 0 Å². The van der Waals surface area contributed by atoms with Crippen molar-refractivity contribution in [3.8, 4) is 5.69 Å². The van der Waals surface area contributed by atoms with Crippen LogP contribution in [0, 0.1) is 0 Å². The monoisotopic (exact) mass is 393 g/mol. The number of hydrogen-bond donors (Lipinski definition) is 1. The largest absolute Gasteiger partial charge is 0.435 e. The summed E-state index contributed by atoms with van der Waals surface area (Å²) in [5.41, 5.74) is -1.02. The summed E-state index contributed by atoms with van der Waals surface area (Å²) in [6.45, 7) is 3.56. The molecule has 0 aliphatic carbocycles. The van der Waals surface area contributed by atoms with E-state index in [2.05, 4.69) is 11.7 Å². The normalized spacial score (nSPS) is 12.0. The number of para-hydroxylation sites is 1. The third kappa shape index (κ3) is 3.87. The number of hydrogen-bond acceptors (Lipinski definition) is 3. The number of nitrogens with zero attached hydrogens (tertiary/aromatic N) is 2. The van der Waals surface area contributed by atoms with Crippen molar-refractivity contribution in [3.05, 3.63) is 78.6 Å². The topological polar surface area (TPSA) is 64.0 Å². The first-order valence-electron chi connectivity index (χ1n) is 7.68. The Morgan fingerprint density at radius 1 is 1.04 bits per heavy atom. The molecular formula is C18H14F3N3O2S. The van der Waals surface area contributed by atoms with Crippen LogP contribution < -0.4 is 4.72 Å². The Labute approximate surface area is 153 Å². The maximum absolute atomic E-state index is 13.6. The zero-order valence-electron chi connectivity index (χ0n) is 13.8. The van der Waals surface area contributed by atoms with Crippen LogP contribution in [-0.2, 0) is 16.2 Å². The molecule has 0 radical (unpaired) electrons. The Hall–Kier alpha value is -3.07. The fourth-order valence-corrected chi connectivity index (χ4v) is 3.50. The van der Waals surface area contributed by atoms with Crippen LogP contribution in [0.25, 0.3) is 11.8 Å². The van der Waals surface area contributed by atoms with Crippen molar-refractivity contribution in [1.29, 1.82) is 0 Å². The summed E-state index contributed by atoms with van der Waals surface area (Å²) >= 11 is 0. The van der Waals surface area contributed by atoms with Gasteiger partial charge >= 0.3 is 6.18 Å². The molecule has 0 aliphatic rings. The highest BCUT2D eigenvalue weighted by atomic mass is 32.2. The number of halogens is 3. The molecule has 3 aromatic rings. The van der Waals surface area contributed by atoms with Crippen molar-refractivity contribution in [2.75, 3.05) is 4.72 Å². The molecule has 0 saturated carbocycles. The van der Waals surface area contributed by atoms with Gasteiger partial charge in [-0.3, -0.25) is 4.72 Å². The van der Waals surface area contributed by atoms with Gasteiger partial charge in [0.25, 0.3) is 10.0 Å². The minimum Gasteiger partial charge on any atom is -0.276 e. The molecule has 0 atom stereocenters. The third-order valence-electron chi connectivity index (χ3n) is 3.71. The number of alkyl halides is 3. The molecule has 3 rings (SSSR count). The third-order valence-corrected chi connectivity index (χ3v) is 5.09. The lowest BCUT2D eigenvalue weighted by atomic mass is 10.2. The molecule has 9 heteroatoms. The van der Waals surface area contributed by atoms with E-state index >= 15 is 0 Å². The van der Waals surface area contributed by atoms with E-state index in [1.807, 2.05) is 4.72 Å². The summed E-state index contributed by atoms with van der Waals surface area (Å²) in [4.78, 5) is -0.173. The second-order valence-corrected chi connectivity index (χ2v) is 7.21. The van der Waals surface area contributed by atoms with E-state index in [1.165, 1.54) is 42.5 Å². The van der Waals surface area contributed by atoms with Gasteiger partial charge in [-0.05, 0) is 29.8 Å². The van der Waals surface area contributed by atoms with Gasteiger partial charge in [0.15, 0.2) is 5.69 Å². The molecule has 2 aromatic carbocycles. The Bertz CT molecular complexity index is 1060. The predicted molar refractivity (Wildman–Crippen MR) is 95.9 cm³/mol. The van der Waals surface area contributed by atoms with Crippen molar-refractivity contribution in [1.82, 2.24) is 9.78 Å². The maximum Gasteiger partial charge on any atom is 0.435 e. The van der Waals surface area contributed by atoms with E-state index in [1.54, 1.807) is 18.2 Å². The Morgan fingerprint density at radius 2 is 1.67 bits per heavy atom. The highest BCUT2D eigenvalue weighted by Gasteiger charge is 2.40. The Balaban J connectivity index is 2.04. The number of anilines is 1. The van der Waals surface area contributed by atoms with E-state index in [0.717, 1.165) is 6.20 Å². The summed E-state index contributed by atoms with van der Waals surface area (Å²) in [6, 6.07) is 13.2. The number of nitrogens with one attached hydrogen (secondary N) is 1. The summed E-state index contributed by atoms with van der Waals surface area (Å²) in [5.74, 6) is 0. The lowest BCUT2D eigenvalue weighted by molar-refractivity contribution is -0.142. The van der Waals surface area contributed by atoms with Gasteiger partial charge in [-0.2, -0.15) is 18.3 Å². The first-order valence-corrected chi connectivity index (χ1v) is 9.16. The highest BCUT2D eigenvalue weighted by Crippen LogP contribution is 2.37. The van der Waals surface area contributed by atoms with E-state index in [9.17, 15) is 21.6 Å². The van der Waals surface area contributed by atoms with Crippen LogP contribution in [0.1, 0.15) is 11.3 Å². The van der Waals surface area contributed by atoms with Crippen molar-refractivity contribution < 1.29 is 21.6 Å². The van der Waals surface area contributed by atoms with E-state index < -0.39 is 27.6 Å². The first kappa shape index (κ1) is 18.7. The van der Waals surface area contributed by atoms with Crippen molar-refractivity contribution in [2.24, 2.45) is 0 Å². The second-order valence-electron chi connectivity index (χ2n) is 5.53. The summed E-state index contributed by atoms with van der Waals surface area (Å²) < 4.78 is 68.4. The molecule has 0 amide bonds. The molecule has 0 fully saturated rings. The number of benzene rings is 2. The zero-order chi connectivity index (χ0) is 19.7. The van der Waals surface area contributed by atoms with Gasteiger partial charge < -0.3 is 0 Å². The quantitative estimate of drug-likeness (QED) is 0.702. The van der Waals surface area contributed by atoms with Gasteiger partial charge in [0, 0.05) is 0 Å². The van der Waals surface area contributed by atoms with Crippen LogP contribution in [0.3, 0.4) is 0 Å². The molecule has 1 N–H and O–H groups in total. The van der Waals surface area contributed by atoms with Crippen molar-refractivity contribution >= 4 is 21.8 Å². The Kier molecular flexibility index (Phi) is 4.79. The molecule has 0 saturated heterocycles. The molecule has 0 aliphatic heterocycles. The van der Waals surface area contributed by atoms with Gasteiger partial charge in [-0.1, -0.05) is 43.0 Å². The van der Waals surface area contributed by atoms with Crippen molar-refractivity contribution in [2.45, 2.75) is 11.1 Å². The molecular weight excluding hydrogens is 379 g/mol. The highest BCUT2D eigenvalue weighted by molar-refractivity contribution is 7.92. The fourth-order valence-electron chi connectivity index (χ4n) is 2.45. The van der Waals surface area contributed by atoms with Crippen LogP contribution >= 0.6 is 0 Å². The standard InChI is InChI=1S/C18H14F3N3O2S/c1-2-13-8-10-15(11-9-13)27(25,26)23-16-12-22-24(17(16)18(19,20)21)14-6-4-3-5-7-14/h2-12,23H,1H2. The minimum atomic E-state index is -4.82. The van der Waals surface area contributed by atoms with Crippen LogP contribution in [0.5, 0.6) is 0 Å². The molecule has 0 bridgehead atoms. The maximum atomic E-state index is 13.6. The van der Waals surface area contributed by atoms with Gasteiger partial charge in [0.1, 0.15) is 0 Å². The second kappa shape index (κ2) is 6.92. The minimum absolute atomic E-state index is 0.158. The van der Waals surface area contributed by atoms with Gasteiger partial charge in [-0.15, -0.1) is 0 Å². The summed E-state index contributed by atoms with van der Waals surface area (Å²) in [5, 5.41) is 3.71. The van der Waals surface area contributed by atoms with Crippen LogP contribution in [-0.4, -0.2) is 18.2 Å². The predicted octanol–water partition coefficient (Wildman–Crippen LogP) is 4.33. The van der Waals surface area contributed by atoms with Gasteiger partial charge in [0.05, 0.1) is 22.5 Å². The van der Waals surface area contributed by atoms with Gasteiger partial charge in [0.2, 0.25) is 0 Å². The molecule has 140 valence electrons. The molecule has 1 heterocycles. The average Bonchev–Trinajstić information content (AvgIpc) is 3.06. The molecule has 1 aromatic heterocycles. The molecule has 0 unspecified atom stereocenters. The van der Waals surface area contributed by atoms with Crippen LogP contribution in [0.4, 0.5) is 18.9 Å². The average molecular weight is 393 g/mol. The van der Waals surface area contributed by atoms with E-state index in [-0.39, 0.29) is 10.6 Å². The van der Waals surface area contributed by atoms with E-state index in [0.29, 0.717) is 10.2 Å². The summed E-state index contributed by atoms with van der Waals surface area (Å²) in [6.07, 6.45) is -2.46. The lowest BCUT2D eigenvalue weighted by Gasteiger charge is -2.14. The van der Waals surface area contributed by atoms with Crippen molar-refractivity contribution in [3.63, 3.8) is 0 Å². The summed E-state index contributed by atoms with van der Waals surface area (Å²) in [7, 11) is -4.23. The number of sulfonamides is 1. The smallest absolute Gasteiger partial charge is 0.276 e. The van der Waals surface area contributed by atoms with E-state index in [4.69, 9.17) is 0 Å². The molecule has 0 spiro atoms. The zero-order valence-corrected chi connectivity index (χ0v) is 14.6. The Morgan fingerprint density at radius 3 is 2.22 bits per heavy atom. The lowest BCUT2D eigenvalue weighted by Crippen LogP contribution is -2.19. The SMILES string of the molecule is C=Cc1ccc(S(=O)(=O)Nc2cnn(-c3ccccc3)c2C(F)(F)F)cc1. The molecule has 27 heavy (non-hydrogen) atoms. The first-order chi connectivity index (χ1) is 12.7. The number of aromatic nitrogens is 2. The molecule has 5 nitrogen and oxygen atoms in total. The fraction of sp³-hybridized carbons (Fsp3) is 0.0556. The van der Waals surface area contributed by atoms with Gasteiger partial charge in [-0.25, -0.2) is 13.1 Å². The van der Waals surface area contributed by atoms with Crippen LogP contribution in [0.15, 0.2) is 72.3 Å².